The predicted octanol–water partition coefficient (Wildman–Crippen LogP) is 2.66. The van der Waals surface area contributed by atoms with Crippen molar-refractivity contribution in [2.75, 3.05) is 12.8 Å². The maximum Gasteiger partial charge on any atom is 0.245 e. The van der Waals surface area contributed by atoms with E-state index in [1.54, 1.807) is 4.57 Å². The van der Waals surface area contributed by atoms with Crippen LogP contribution in [-0.2, 0) is 0 Å². The Kier molecular flexibility index (Phi) is 3.38. The molecule has 0 unspecified atom stereocenters. The highest BCUT2D eigenvalue weighted by Crippen LogP contribution is 2.30. The molecule has 0 radical (unpaired) electrons. The molecule has 0 aliphatic rings. The van der Waals surface area contributed by atoms with E-state index in [4.69, 9.17) is 22.1 Å². The molecule has 3 rings (SSSR count). The summed E-state index contributed by atoms with van der Waals surface area (Å²) >= 11 is 8.48. The zero-order valence-electron chi connectivity index (χ0n) is 10.3. The van der Waals surface area contributed by atoms with Gasteiger partial charge in [0, 0.05) is 3.57 Å². The van der Waals surface area contributed by atoms with Crippen LogP contribution in [0.5, 0.6) is 5.88 Å². The molecule has 20 heavy (non-hydrogen) atoms. The average Bonchev–Trinajstić information content (AvgIpc) is 2.75. The number of rotatable bonds is 2. The number of hydrogen-bond acceptors (Lipinski definition) is 5. The number of imidazole rings is 1. The van der Waals surface area contributed by atoms with Gasteiger partial charge in [0.2, 0.25) is 11.8 Å². The zero-order valence-corrected chi connectivity index (χ0v) is 13.3. The predicted molar refractivity (Wildman–Crippen MR) is 85.4 cm³/mol. The second-order valence-electron chi connectivity index (χ2n) is 3.96. The highest BCUT2D eigenvalue weighted by molar-refractivity contribution is 14.1. The molecule has 0 saturated heterocycles. The number of nitrogen functional groups attached to an aromatic ring is 1. The van der Waals surface area contributed by atoms with E-state index in [1.165, 1.54) is 13.4 Å². The number of fused-ring (bicyclic) bond motifs is 1. The standard InChI is InChI=1S/C12H9ClIN5O/c1-20-11-9-10(16-5-17-11)19(12(15)18-9)8-3-2-6(14)4-7(8)13/h2-5H,1H3,(H2,15,18). The Morgan fingerprint density at radius 1 is 1.35 bits per heavy atom. The first-order valence-electron chi connectivity index (χ1n) is 5.60. The van der Waals surface area contributed by atoms with Crippen molar-refractivity contribution in [1.29, 1.82) is 0 Å². The van der Waals surface area contributed by atoms with Crippen molar-refractivity contribution < 1.29 is 4.74 Å². The number of ether oxygens (including phenoxy) is 1. The van der Waals surface area contributed by atoms with Gasteiger partial charge in [-0.3, -0.25) is 4.57 Å². The molecule has 3 aromatic rings. The SMILES string of the molecule is COc1ncnc2c1nc(N)n2-c1ccc(I)cc1Cl. The van der Waals surface area contributed by atoms with E-state index in [0.29, 0.717) is 27.8 Å². The fourth-order valence-corrected chi connectivity index (χ4v) is 2.88. The summed E-state index contributed by atoms with van der Waals surface area (Å²) in [6.07, 6.45) is 1.40. The van der Waals surface area contributed by atoms with Crippen LogP contribution in [0.1, 0.15) is 0 Å². The number of methoxy groups -OCH3 is 1. The van der Waals surface area contributed by atoms with Gasteiger partial charge < -0.3 is 10.5 Å². The summed E-state index contributed by atoms with van der Waals surface area (Å²) in [7, 11) is 1.52. The van der Waals surface area contributed by atoms with Crippen LogP contribution in [0.25, 0.3) is 16.9 Å². The monoisotopic (exact) mass is 401 g/mol. The maximum absolute atomic E-state index is 6.28. The van der Waals surface area contributed by atoms with Crippen LogP contribution in [0.15, 0.2) is 24.5 Å². The second kappa shape index (κ2) is 5.06. The van der Waals surface area contributed by atoms with E-state index in [0.717, 1.165) is 3.57 Å². The van der Waals surface area contributed by atoms with E-state index >= 15 is 0 Å². The van der Waals surface area contributed by atoms with Crippen LogP contribution in [0, 0.1) is 3.57 Å². The lowest BCUT2D eigenvalue weighted by Gasteiger charge is -2.08. The van der Waals surface area contributed by atoms with Gasteiger partial charge in [0.05, 0.1) is 17.8 Å². The number of halogens is 2. The molecule has 2 N–H and O–H groups in total. The summed E-state index contributed by atoms with van der Waals surface area (Å²) in [5, 5.41) is 0.570. The second-order valence-corrected chi connectivity index (χ2v) is 5.61. The third-order valence-electron chi connectivity index (χ3n) is 2.78. The quantitative estimate of drug-likeness (QED) is 0.668. The minimum absolute atomic E-state index is 0.280. The fourth-order valence-electron chi connectivity index (χ4n) is 1.94. The van der Waals surface area contributed by atoms with Crippen LogP contribution in [0.2, 0.25) is 5.02 Å². The summed E-state index contributed by atoms with van der Waals surface area (Å²) < 4.78 is 7.88. The van der Waals surface area contributed by atoms with Gasteiger partial charge in [-0.15, -0.1) is 0 Å². The average molecular weight is 402 g/mol. The first-order valence-corrected chi connectivity index (χ1v) is 7.06. The van der Waals surface area contributed by atoms with Crippen molar-refractivity contribution >= 4 is 51.3 Å². The van der Waals surface area contributed by atoms with Crippen LogP contribution in [0.4, 0.5) is 5.95 Å². The molecule has 0 aliphatic heterocycles. The lowest BCUT2D eigenvalue weighted by molar-refractivity contribution is 0.401. The van der Waals surface area contributed by atoms with Crippen molar-refractivity contribution in [2.24, 2.45) is 0 Å². The molecule has 0 fully saturated rings. The number of aromatic nitrogens is 4. The smallest absolute Gasteiger partial charge is 0.245 e. The minimum Gasteiger partial charge on any atom is -0.479 e. The van der Waals surface area contributed by atoms with Crippen molar-refractivity contribution in [1.82, 2.24) is 19.5 Å². The third kappa shape index (κ3) is 2.06. The van der Waals surface area contributed by atoms with E-state index in [2.05, 4.69) is 37.5 Å². The molecule has 1 aromatic carbocycles. The van der Waals surface area contributed by atoms with Gasteiger partial charge in [-0.1, -0.05) is 11.6 Å². The lowest BCUT2D eigenvalue weighted by atomic mass is 10.3. The van der Waals surface area contributed by atoms with Gasteiger partial charge in [-0.25, -0.2) is 9.97 Å². The third-order valence-corrected chi connectivity index (χ3v) is 3.75. The molecule has 102 valence electrons. The molecule has 0 amide bonds. The molecule has 0 spiro atoms. The zero-order chi connectivity index (χ0) is 14.3. The van der Waals surface area contributed by atoms with Crippen molar-refractivity contribution in [3.05, 3.63) is 33.1 Å². The first-order chi connectivity index (χ1) is 9.61. The molecule has 6 nitrogen and oxygen atoms in total. The van der Waals surface area contributed by atoms with Gasteiger partial charge in [-0.05, 0) is 40.8 Å². The largest absolute Gasteiger partial charge is 0.479 e. The van der Waals surface area contributed by atoms with Gasteiger partial charge in [-0.2, -0.15) is 4.98 Å². The highest BCUT2D eigenvalue weighted by atomic mass is 127. The summed E-state index contributed by atoms with van der Waals surface area (Å²) in [6, 6.07) is 5.66. The van der Waals surface area contributed by atoms with Gasteiger partial charge in [0.1, 0.15) is 6.33 Å². The Bertz CT molecular complexity index is 804. The van der Waals surface area contributed by atoms with Crippen molar-refractivity contribution in [3.63, 3.8) is 0 Å². The summed E-state index contributed by atoms with van der Waals surface area (Å²) in [5.74, 6) is 0.656. The van der Waals surface area contributed by atoms with Crippen LogP contribution in [-0.4, -0.2) is 26.6 Å². The summed E-state index contributed by atoms with van der Waals surface area (Å²) in [4.78, 5) is 12.5. The molecular weight excluding hydrogens is 393 g/mol. The Hall–Kier alpha value is -1.61. The highest BCUT2D eigenvalue weighted by Gasteiger charge is 2.17. The van der Waals surface area contributed by atoms with E-state index in [1.807, 2.05) is 18.2 Å². The number of benzene rings is 1. The lowest BCUT2D eigenvalue weighted by Crippen LogP contribution is -2.02. The number of nitrogens with two attached hydrogens (primary N) is 1. The maximum atomic E-state index is 6.28. The molecule has 2 heterocycles. The minimum atomic E-state index is 0.280. The molecule has 0 bridgehead atoms. The van der Waals surface area contributed by atoms with E-state index in [9.17, 15) is 0 Å². The number of hydrogen-bond donors (Lipinski definition) is 1. The van der Waals surface area contributed by atoms with E-state index in [-0.39, 0.29) is 5.95 Å². The number of anilines is 1. The van der Waals surface area contributed by atoms with Crippen LogP contribution in [0.3, 0.4) is 0 Å². The molecule has 8 heteroatoms. The summed E-state index contributed by atoms with van der Waals surface area (Å²) in [6.45, 7) is 0. The molecular formula is C12H9ClIN5O. The first kappa shape index (κ1) is 13.4. The van der Waals surface area contributed by atoms with Crippen LogP contribution >= 0.6 is 34.2 Å². The topological polar surface area (TPSA) is 78.8 Å². The van der Waals surface area contributed by atoms with E-state index < -0.39 is 0 Å². The van der Waals surface area contributed by atoms with Gasteiger partial charge >= 0.3 is 0 Å². The van der Waals surface area contributed by atoms with Gasteiger partial charge in [0.25, 0.3) is 0 Å². The van der Waals surface area contributed by atoms with Gasteiger partial charge in [0.15, 0.2) is 11.2 Å². The van der Waals surface area contributed by atoms with Crippen LogP contribution < -0.4 is 10.5 Å². The van der Waals surface area contributed by atoms with Crippen molar-refractivity contribution in [2.45, 2.75) is 0 Å². The summed E-state index contributed by atoms with van der Waals surface area (Å²) in [5.41, 5.74) is 7.75. The normalized spacial score (nSPS) is 10.9. The molecule has 0 atom stereocenters. The Morgan fingerprint density at radius 3 is 2.85 bits per heavy atom. The molecule has 0 saturated carbocycles. The fraction of sp³-hybridized carbons (Fsp3) is 0.0833. The molecule has 0 aliphatic carbocycles. The molecule has 2 aromatic heterocycles. The number of nitrogens with zero attached hydrogens (tertiary/aromatic N) is 4. The Morgan fingerprint density at radius 2 is 2.15 bits per heavy atom. The Labute approximate surface area is 133 Å². The van der Waals surface area contributed by atoms with Crippen molar-refractivity contribution in [3.8, 4) is 11.6 Å². The Balaban J connectivity index is 2.34.